The predicted octanol–water partition coefficient (Wildman–Crippen LogP) is 1.80. The fraction of sp³-hybridized carbons (Fsp3) is 0.133. The summed E-state index contributed by atoms with van der Waals surface area (Å²) in [6, 6.07) is 7.22. The van der Waals surface area contributed by atoms with Gasteiger partial charge in [-0.15, -0.1) is 0 Å². The summed E-state index contributed by atoms with van der Waals surface area (Å²) < 4.78 is 1.28. The molecule has 0 spiro atoms. The molecule has 0 amide bonds. The Labute approximate surface area is 114 Å². The fourth-order valence-electron chi connectivity index (χ4n) is 2.28. The average molecular weight is 267 g/mol. The number of carbonyl (C=O) groups is 1. The smallest absolute Gasteiger partial charge is 0.277 e. The molecule has 0 saturated carbocycles. The third kappa shape index (κ3) is 1.75. The molecule has 2 heterocycles. The van der Waals surface area contributed by atoms with E-state index < -0.39 is 0 Å². The molecule has 0 atom stereocenters. The van der Waals surface area contributed by atoms with Gasteiger partial charge in [0.1, 0.15) is 5.56 Å². The van der Waals surface area contributed by atoms with Crippen LogP contribution in [0.4, 0.5) is 0 Å². The normalized spacial score (nSPS) is 10.9. The first kappa shape index (κ1) is 12.3. The van der Waals surface area contributed by atoms with Crippen molar-refractivity contribution in [1.29, 1.82) is 0 Å². The zero-order valence-electron chi connectivity index (χ0n) is 11.2. The number of nitrogens with zero attached hydrogens (tertiary/aromatic N) is 2. The molecule has 100 valence electrons. The minimum absolute atomic E-state index is 0.140. The average Bonchev–Trinajstić information content (AvgIpc) is 2.79. The van der Waals surface area contributed by atoms with Crippen molar-refractivity contribution in [1.82, 2.24) is 14.8 Å². The van der Waals surface area contributed by atoms with Gasteiger partial charge in [0.2, 0.25) is 5.78 Å². The molecule has 0 aliphatic heterocycles. The maximum atomic E-state index is 12.5. The third-order valence-corrected chi connectivity index (χ3v) is 3.40. The van der Waals surface area contributed by atoms with Gasteiger partial charge < -0.3 is 5.10 Å². The van der Waals surface area contributed by atoms with E-state index in [4.69, 9.17) is 0 Å². The van der Waals surface area contributed by atoms with E-state index >= 15 is 0 Å². The van der Waals surface area contributed by atoms with Gasteiger partial charge in [0.25, 0.3) is 5.56 Å². The number of carbonyl (C=O) groups excluding carboxylic acids is 1. The highest BCUT2D eigenvalue weighted by Gasteiger charge is 2.18. The lowest BCUT2D eigenvalue weighted by atomic mass is 9.99. The minimum atomic E-state index is -0.326. The molecule has 0 radical (unpaired) electrons. The second-order valence-corrected chi connectivity index (χ2v) is 4.71. The topological polar surface area (TPSA) is 67.8 Å². The highest BCUT2D eigenvalue weighted by molar-refractivity contribution is 6.16. The maximum absolute atomic E-state index is 12.5. The van der Waals surface area contributed by atoms with Crippen LogP contribution in [0.2, 0.25) is 0 Å². The number of hydrogen-bond acceptors (Lipinski definition) is 3. The first-order chi connectivity index (χ1) is 9.59. The highest BCUT2D eigenvalue weighted by Crippen LogP contribution is 2.21. The number of rotatable bonds is 2. The van der Waals surface area contributed by atoms with Gasteiger partial charge in [-0.3, -0.25) is 19.3 Å². The number of benzene rings is 1. The van der Waals surface area contributed by atoms with Gasteiger partial charge in [0.15, 0.2) is 0 Å². The van der Waals surface area contributed by atoms with E-state index in [1.807, 2.05) is 19.1 Å². The van der Waals surface area contributed by atoms with Crippen molar-refractivity contribution >= 4 is 16.7 Å². The minimum Gasteiger partial charge on any atom is -0.302 e. The lowest BCUT2D eigenvalue weighted by Crippen LogP contribution is -2.19. The van der Waals surface area contributed by atoms with E-state index in [0.717, 1.165) is 16.5 Å². The molecule has 3 aromatic rings. The van der Waals surface area contributed by atoms with Crippen LogP contribution in [0.5, 0.6) is 0 Å². The predicted molar refractivity (Wildman–Crippen MR) is 75.9 cm³/mol. The van der Waals surface area contributed by atoms with Gasteiger partial charge in [-0.05, 0) is 18.6 Å². The van der Waals surface area contributed by atoms with Crippen LogP contribution in [-0.4, -0.2) is 20.5 Å². The fourth-order valence-corrected chi connectivity index (χ4v) is 2.28. The van der Waals surface area contributed by atoms with Crippen molar-refractivity contribution in [3.63, 3.8) is 0 Å². The summed E-state index contributed by atoms with van der Waals surface area (Å²) in [6.07, 6.45) is 3.13. The zero-order chi connectivity index (χ0) is 14.3. The number of aryl methyl sites for hydroxylation is 2. The Morgan fingerprint density at radius 3 is 2.75 bits per heavy atom. The van der Waals surface area contributed by atoms with Gasteiger partial charge in [-0.1, -0.05) is 18.2 Å². The summed E-state index contributed by atoms with van der Waals surface area (Å²) in [7, 11) is 1.58. The standard InChI is InChI=1S/C15H13N3O2/c1-9-5-6-11(10-4-3-7-16-13(9)10)14(19)12-8-17-18(2)15(12)20/h3-8,17H,1-2H3. The van der Waals surface area contributed by atoms with Crippen LogP contribution in [-0.2, 0) is 7.05 Å². The Balaban J connectivity index is 2.25. The Kier molecular flexibility index (Phi) is 2.75. The molecular formula is C15H13N3O2. The largest absolute Gasteiger partial charge is 0.302 e. The van der Waals surface area contributed by atoms with Crippen molar-refractivity contribution in [3.8, 4) is 0 Å². The molecule has 5 nitrogen and oxygen atoms in total. The first-order valence-electron chi connectivity index (χ1n) is 6.23. The van der Waals surface area contributed by atoms with Crippen LogP contribution in [0.3, 0.4) is 0 Å². The molecule has 0 unspecified atom stereocenters. The summed E-state index contributed by atoms with van der Waals surface area (Å²) in [5, 5.41) is 3.48. The Morgan fingerprint density at radius 2 is 2.05 bits per heavy atom. The zero-order valence-corrected chi connectivity index (χ0v) is 11.2. The molecular weight excluding hydrogens is 254 g/mol. The quantitative estimate of drug-likeness (QED) is 0.720. The summed E-state index contributed by atoms with van der Waals surface area (Å²) in [4.78, 5) is 28.7. The number of pyridine rings is 1. The van der Waals surface area contributed by atoms with Crippen molar-refractivity contribution in [2.75, 3.05) is 0 Å². The van der Waals surface area contributed by atoms with Crippen LogP contribution in [0, 0.1) is 6.92 Å². The van der Waals surface area contributed by atoms with Gasteiger partial charge in [0.05, 0.1) is 5.52 Å². The molecule has 0 saturated heterocycles. The molecule has 0 aliphatic carbocycles. The summed E-state index contributed by atoms with van der Waals surface area (Å²) >= 11 is 0. The van der Waals surface area contributed by atoms with E-state index in [0.29, 0.717) is 5.56 Å². The van der Waals surface area contributed by atoms with Crippen LogP contribution in [0.15, 0.2) is 41.5 Å². The monoisotopic (exact) mass is 267 g/mol. The number of aromatic nitrogens is 3. The lowest BCUT2D eigenvalue weighted by Gasteiger charge is -2.06. The van der Waals surface area contributed by atoms with Crippen molar-refractivity contribution in [3.05, 3.63) is 63.7 Å². The molecule has 1 aromatic carbocycles. The summed E-state index contributed by atoms with van der Waals surface area (Å²) in [5.74, 6) is -0.287. The number of aromatic amines is 1. The summed E-state index contributed by atoms with van der Waals surface area (Å²) in [5.41, 5.74) is 2.09. The van der Waals surface area contributed by atoms with E-state index in [1.54, 1.807) is 25.4 Å². The molecule has 1 N–H and O–H groups in total. The molecule has 5 heteroatoms. The molecule has 0 aliphatic rings. The van der Waals surface area contributed by atoms with Crippen molar-refractivity contribution in [2.24, 2.45) is 7.05 Å². The SMILES string of the molecule is Cc1ccc(C(=O)c2c[nH]n(C)c2=O)c2cccnc12. The van der Waals surface area contributed by atoms with Crippen LogP contribution in [0.1, 0.15) is 21.5 Å². The molecule has 0 bridgehead atoms. The van der Waals surface area contributed by atoms with Gasteiger partial charge in [-0.25, -0.2) is 0 Å². The van der Waals surface area contributed by atoms with Gasteiger partial charge in [0, 0.05) is 30.4 Å². The number of fused-ring (bicyclic) bond motifs is 1. The van der Waals surface area contributed by atoms with E-state index in [2.05, 4.69) is 10.1 Å². The van der Waals surface area contributed by atoms with Gasteiger partial charge in [-0.2, -0.15) is 0 Å². The van der Waals surface area contributed by atoms with E-state index in [1.165, 1.54) is 10.9 Å². The van der Waals surface area contributed by atoms with Crippen molar-refractivity contribution < 1.29 is 4.79 Å². The molecule has 0 fully saturated rings. The number of nitrogens with one attached hydrogen (secondary N) is 1. The van der Waals surface area contributed by atoms with Crippen LogP contribution >= 0.6 is 0 Å². The number of hydrogen-bond donors (Lipinski definition) is 1. The number of H-pyrrole nitrogens is 1. The molecule has 3 rings (SSSR count). The van der Waals surface area contributed by atoms with Crippen LogP contribution < -0.4 is 5.56 Å². The highest BCUT2D eigenvalue weighted by atomic mass is 16.2. The van der Waals surface area contributed by atoms with Crippen LogP contribution in [0.25, 0.3) is 10.9 Å². The van der Waals surface area contributed by atoms with Crippen molar-refractivity contribution in [2.45, 2.75) is 6.92 Å². The van der Waals surface area contributed by atoms with Gasteiger partial charge >= 0.3 is 0 Å². The maximum Gasteiger partial charge on any atom is 0.277 e. The number of ketones is 1. The second kappa shape index (κ2) is 4.45. The Bertz CT molecular complexity index is 874. The lowest BCUT2D eigenvalue weighted by molar-refractivity contribution is 0.103. The summed E-state index contributed by atoms with van der Waals surface area (Å²) in [6.45, 7) is 1.94. The first-order valence-corrected chi connectivity index (χ1v) is 6.23. The van der Waals surface area contributed by atoms with E-state index in [9.17, 15) is 9.59 Å². The Hall–Kier alpha value is -2.69. The molecule has 2 aromatic heterocycles. The van der Waals surface area contributed by atoms with E-state index in [-0.39, 0.29) is 16.9 Å². The Morgan fingerprint density at radius 1 is 1.25 bits per heavy atom. The second-order valence-electron chi connectivity index (χ2n) is 4.71. The molecule has 20 heavy (non-hydrogen) atoms. The third-order valence-electron chi connectivity index (χ3n) is 3.40.